The third-order valence-electron chi connectivity index (χ3n) is 2.65. The van der Waals surface area contributed by atoms with Crippen molar-refractivity contribution < 1.29 is 4.79 Å². The first-order valence-electron chi connectivity index (χ1n) is 5.80. The Kier molecular flexibility index (Phi) is 3.66. The molecule has 0 saturated carbocycles. The molecule has 0 unspecified atom stereocenters. The second-order valence-electron chi connectivity index (χ2n) is 3.98. The Morgan fingerprint density at radius 3 is 2.61 bits per heavy atom. The van der Waals surface area contributed by atoms with Crippen LogP contribution in [0.1, 0.15) is 18.3 Å². The van der Waals surface area contributed by atoms with Crippen molar-refractivity contribution in [3.05, 3.63) is 35.7 Å². The highest BCUT2D eigenvalue weighted by atomic mass is 16.2. The number of nitrogens with zero attached hydrogens (tertiary/aromatic N) is 4. The zero-order valence-electron chi connectivity index (χ0n) is 10.4. The summed E-state index contributed by atoms with van der Waals surface area (Å²) in [5.41, 5.74) is 2.02. The molecule has 0 saturated heterocycles. The van der Waals surface area contributed by atoms with Crippen molar-refractivity contribution in [1.82, 2.24) is 20.2 Å². The third-order valence-corrected chi connectivity index (χ3v) is 2.65. The SMILES string of the molecule is CCc1ccc(NC(=O)Cn2nnnc2C)cc1. The molecule has 0 aliphatic carbocycles. The minimum Gasteiger partial charge on any atom is -0.324 e. The Hall–Kier alpha value is -2.24. The van der Waals surface area contributed by atoms with E-state index in [-0.39, 0.29) is 12.5 Å². The maximum atomic E-state index is 11.8. The summed E-state index contributed by atoms with van der Waals surface area (Å²) < 4.78 is 1.45. The first kappa shape index (κ1) is 12.2. The number of benzene rings is 1. The van der Waals surface area contributed by atoms with Crippen LogP contribution in [0.15, 0.2) is 24.3 Å². The predicted molar refractivity (Wildman–Crippen MR) is 67.0 cm³/mol. The normalized spacial score (nSPS) is 10.3. The fourth-order valence-corrected chi connectivity index (χ4v) is 1.56. The van der Waals surface area contributed by atoms with Crippen molar-refractivity contribution in [1.29, 1.82) is 0 Å². The molecule has 94 valence electrons. The van der Waals surface area contributed by atoms with E-state index in [0.29, 0.717) is 5.82 Å². The molecule has 0 aliphatic heterocycles. The Bertz CT molecular complexity index is 532. The van der Waals surface area contributed by atoms with Gasteiger partial charge in [0.2, 0.25) is 5.91 Å². The van der Waals surface area contributed by atoms with Gasteiger partial charge in [-0.05, 0) is 41.5 Å². The molecule has 6 heteroatoms. The molecule has 2 rings (SSSR count). The summed E-state index contributed by atoms with van der Waals surface area (Å²) in [4.78, 5) is 11.8. The average molecular weight is 245 g/mol. The van der Waals surface area contributed by atoms with Gasteiger partial charge in [-0.3, -0.25) is 4.79 Å². The Balaban J connectivity index is 1.96. The lowest BCUT2D eigenvalue weighted by molar-refractivity contribution is -0.117. The van der Waals surface area contributed by atoms with Gasteiger partial charge in [-0.1, -0.05) is 19.1 Å². The molecule has 1 heterocycles. The number of hydrogen-bond donors (Lipinski definition) is 1. The number of nitrogens with one attached hydrogen (secondary N) is 1. The zero-order valence-corrected chi connectivity index (χ0v) is 10.4. The van der Waals surface area contributed by atoms with E-state index < -0.39 is 0 Å². The topological polar surface area (TPSA) is 72.7 Å². The maximum absolute atomic E-state index is 11.8. The standard InChI is InChI=1S/C12H15N5O/c1-3-10-4-6-11(7-5-10)13-12(18)8-17-9(2)14-15-16-17/h4-7H,3,8H2,1-2H3,(H,13,18). The minimum atomic E-state index is -0.144. The van der Waals surface area contributed by atoms with E-state index in [1.54, 1.807) is 6.92 Å². The number of amides is 1. The van der Waals surface area contributed by atoms with E-state index in [2.05, 4.69) is 27.8 Å². The fraction of sp³-hybridized carbons (Fsp3) is 0.333. The largest absolute Gasteiger partial charge is 0.324 e. The summed E-state index contributed by atoms with van der Waals surface area (Å²) in [6, 6.07) is 7.78. The predicted octanol–water partition coefficient (Wildman–Crippen LogP) is 1.18. The maximum Gasteiger partial charge on any atom is 0.246 e. The van der Waals surface area contributed by atoms with Gasteiger partial charge in [0.1, 0.15) is 12.4 Å². The summed E-state index contributed by atoms with van der Waals surface area (Å²) in [6.45, 7) is 3.96. The number of rotatable bonds is 4. The Morgan fingerprint density at radius 1 is 1.33 bits per heavy atom. The van der Waals surface area contributed by atoms with Crippen LogP contribution in [-0.4, -0.2) is 26.1 Å². The smallest absolute Gasteiger partial charge is 0.246 e. The fourth-order valence-electron chi connectivity index (χ4n) is 1.56. The number of aromatic nitrogens is 4. The van der Waals surface area contributed by atoms with Gasteiger partial charge in [-0.25, -0.2) is 4.68 Å². The van der Waals surface area contributed by atoms with Gasteiger partial charge in [-0.2, -0.15) is 0 Å². The van der Waals surface area contributed by atoms with Gasteiger partial charge in [-0.15, -0.1) is 5.10 Å². The highest BCUT2D eigenvalue weighted by molar-refractivity contribution is 5.90. The van der Waals surface area contributed by atoms with Crippen LogP contribution < -0.4 is 5.32 Å². The highest BCUT2D eigenvalue weighted by Crippen LogP contribution is 2.09. The molecule has 1 amide bonds. The summed E-state index contributed by atoms with van der Waals surface area (Å²) >= 11 is 0. The summed E-state index contributed by atoms with van der Waals surface area (Å²) in [5, 5.41) is 13.7. The molecule has 1 N–H and O–H groups in total. The van der Waals surface area contributed by atoms with Crippen molar-refractivity contribution in [3.63, 3.8) is 0 Å². The number of hydrogen-bond acceptors (Lipinski definition) is 4. The first-order valence-corrected chi connectivity index (χ1v) is 5.80. The van der Waals surface area contributed by atoms with E-state index in [4.69, 9.17) is 0 Å². The number of carbonyl (C=O) groups excluding carboxylic acids is 1. The number of carbonyl (C=O) groups is 1. The van der Waals surface area contributed by atoms with Crippen LogP contribution in [0.25, 0.3) is 0 Å². The van der Waals surface area contributed by atoms with Crippen LogP contribution in [0.2, 0.25) is 0 Å². The Labute approximate surface area is 105 Å². The number of aryl methyl sites for hydroxylation is 2. The van der Waals surface area contributed by atoms with Crippen LogP contribution in [0.3, 0.4) is 0 Å². The quantitative estimate of drug-likeness (QED) is 0.878. The minimum absolute atomic E-state index is 0.119. The van der Waals surface area contributed by atoms with E-state index in [0.717, 1.165) is 12.1 Å². The second kappa shape index (κ2) is 5.39. The molecule has 0 bridgehead atoms. The molecule has 18 heavy (non-hydrogen) atoms. The molecule has 1 aromatic carbocycles. The van der Waals surface area contributed by atoms with Crippen molar-refractivity contribution >= 4 is 11.6 Å². The van der Waals surface area contributed by atoms with E-state index in [9.17, 15) is 4.79 Å². The van der Waals surface area contributed by atoms with Crippen molar-refractivity contribution in [2.75, 3.05) is 5.32 Å². The second-order valence-corrected chi connectivity index (χ2v) is 3.98. The van der Waals surface area contributed by atoms with Crippen LogP contribution in [-0.2, 0) is 17.8 Å². The third kappa shape index (κ3) is 2.91. The van der Waals surface area contributed by atoms with E-state index >= 15 is 0 Å². The van der Waals surface area contributed by atoms with Crippen LogP contribution in [0.4, 0.5) is 5.69 Å². The van der Waals surface area contributed by atoms with Gasteiger partial charge < -0.3 is 5.32 Å². The monoisotopic (exact) mass is 245 g/mol. The summed E-state index contributed by atoms with van der Waals surface area (Å²) in [6.07, 6.45) is 0.984. The molecule has 1 aromatic heterocycles. The summed E-state index contributed by atoms with van der Waals surface area (Å²) in [7, 11) is 0. The van der Waals surface area contributed by atoms with E-state index in [1.165, 1.54) is 10.2 Å². The zero-order chi connectivity index (χ0) is 13.0. The lowest BCUT2D eigenvalue weighted by Gasteiger charge is -2.06. The molecule has 0 atom stereocenters. The molecule has 0 aliphatic rings. The molecule has 6 nitrogen and oxygen atoms in total. The van der Waals surface area contributed by atoms with Gasteiger partial charge in [0, 0.05) is 5.69 Å². The first-order chi connectivity index (χ1) is 8.69. The van der Waals surface area contributed by atoms with Crippen molar-refractivity contribution in [2.45, 2.75) is 26.8 Å². The van der Waals surface area contributed by atoms with Gasteiger partial charge in [0.05, 0.1) is 0 Å². The number of anilines is 1. The van der Waals surface area contributed by atoms with Crippen molar-refractivity contribution in [3.8, 4) is 0 Å². The van der Waals surface area contributed by atoms with E-state index in [1.807, 2.05) is 24.3 Å². The van der Waals surface area contributed by atoms with Gasteiger partial charge >= 0.3 is 0 Å². The van der Waals surface area contributed by atoms with Crippen LogP contribution in [0, 0.1) is 6.92 Å². The molecule has 0 fully saturated rings. The van der Waals surface area contributed by atoms with Gasteiger partial charge in [0.25, 0.3) is 0 Å². The molecular formula is C12H15N5O. The lowest BCUT2D eigenvalue weighted by atomic mass is 10.1. The number of tetrazole rings is 1. The van der Waals surface area contributed by atoms with Crippen LogP contribution >= 0.6 is 0 Å². The molecule has 2 aromatic rings. The van der Waals surface area contributed by atoms with Crippen molar-refractivity contribution in [2.24, 2.45) is 0 Å². The molecule has 0 spiro atoms. The van der Waals surface area contributed by atoms with Crippen LogP contribution in [0.5, 0.6) is 0 Å². The summed E-state index contributed by atoms with van der Waals surface area (Å²) in [5.74, 6) is 0.473. The molecular weight excluding hydrogens is 230 g/mol. The highest BCUT2D eigenvalue weighted by Gasteiger charge is 2.07. The molecule has 0 radical (unpaired) electrons. The Morgan fingerprint density at radius 2 is 2.06 bits per heavy atom. The van der Waals surface area contributed by atoms with Gasteiger partial charge in [0.15, 0.2) is 0 Å². The lowest BCUT2D eigenvalue weighted by Crippen LogP contribution is -2.20. The average Bonchev–Trinajstić information content (AvgIpc) is 2.76.